The van der Waals surface area contributed by atoms with Gasteiger partial charge in [0.05, 0.1) is 5.69 Å². The Bertz CT molecular complexity index is 528. The van der Waals surface area contributed by atoms with Gasteiger partial charge in [0.1, 0.15) is 5.75 Å². The topological polar surface area (TPSA) is 58.6 Å². The maximum atomic E-state index is 12.0. The van der Waals surface area contributed by atoms with Crippen LogP contribution in [0.15, 0.2) is 18.2 Å². The summed E-state index contributed by atoms with van der Waals surface area (Å²) in [6.07, 6.45) is 1.48. The molecule has 0 spiro atoms. The lowest BCUT2D eigenvalue weighted by Gasteiger charge is -2.30. The average Bonchev–Trinajstić information content (AvgIpc) is 2.44. The van der Waals surface area contributed by atoms with Gasteiger partial charge in [-0.3, -0.25) is 9.59 Å². The van der Waals surface area contributed by atoms with Gasteiger partial charge in [0, 0.05) is 19.2 Å². The van der Waals surface area contributed by atoms with Gasteiger partial charge in [-0.25, -0.2) is 0 Å². The van der Waals surface area contributed by atoms with Crippen molar-refractivity contribution in [2.75, 3.05) is 18.5 Å². The number of carbonyl (C=O) groups excluding carboxylic acids is 2. The van der Waals surface area contributed by atoms with Gasteiger partial charge in [0.2, 0.25) is 0 Å². The Kier molecular flexibility index (Phi) is 4.27. The third-order valence-electron chi connectivity index (χ3n) is 3.38. The lowest BCUT2D eigenvalue weighted by molar-refractivity contribution is -0.125. The zero-order valence-electron chi connectivity index (χ0n) is 12.1. The van der Waals surface area contributed by atoms with Crippen molar-refractivity contribution in [1.82, 2.24) is 5.32 Å². The number of likely N-dealkylation sites (N-methyl/N-ethyl adjacent to an activating group) is 1. The summed E-state index contributed by atoms with van der Waals surface area (Å²) < 4.78 is 5.56. The van der Waals surface area contributed by atoms with Crippen LogP contribution in [-0.4, -0.2) is 31.5 Å². The van der Waals surface area contributed by atoms with E-state index in [0.29, 0.717) is 23.5 Å². The van der Waals surface area contributed by atoms with Crippen LogP contribution >= 0.6 is 0 Å². The number of fused-ring (bicyclic) bond motifs is 1. The lowest BCUT2D eigenvalue weighted by atomic mass is 10.1. The first-order valence-corrected chi connectivity index (χ1v) is 6.91. The Hall–Kier alpha value is -2.04. The molecule has 0 radical (unpaired) electrons. The highest BCUT2D eigenvalue weighted by atomic mass is 16.5. The highest BCUT2D eigenvalue weighted by molar-refractivity contribution is 6.01. The Morgan fingerprint density at radius 3 is 2.90 bits per heavy atom. The number of hydrogen-bond donors (Lipinski definition) is 1. The summed E-state index contributed by atoms with van der Waals surface area (Å²) in [5.74, 6) is 0.373. The lowest BCUT2D eigenvalue weighted by Crippen LogP contribution is -2.42. The largest absolute Gasteiger partial charge is 0.479 e. The number of anilines is 1. The normalized spacial score (nSPS) is 17.4. The van der Waals surface area contributed by atoms with E-state index in [1.54, 1.807) is 37.1 Å². The minimum atomic E-state index is -0.522. The van der Waals surface area contributed by atoms with E-state index in [-0.39, 0.29) is 11.8 Å². The number of nitrogens with zero attached hydrogens (tertiary/aromatic N) is 1. The van der Waals surface area contributed by atoms with Crippen LogP contribution in [0.2, 0.25) is 0 Å². The van der Waals surface area contributed by atoms with Gasteiger partial charge in [0.25, 0.3) is 11.8 Å². The summed E-state index contributed by atoms with van der Waals surface area (Å²) in [4.78, 5) is 25.3. The molecule has 0 saturated carbocycles. The van der Waals surface area contributed by atoms with Crippen molar-refractivity contribution < 1.29 is 14.3 Å². The maximum absolute atomic E-state index is 12.0. The third-order valence-corrected chi connectivity index (χ3v) is 3.38. The standard InChI is InChI=1S/C15H20N2O3/c1-4-5-8-16-14(18)11-6-7-12-13(9-11)20-10(2)15(19)17(12)3/h6-7,9-10H,4-5,8H2,1-3H3,(H,16,18). The zero-order valence-corrected chi connectivity index (χ0v) is 12.1. The number of unbranched alkanes of at least 4 members (excludes halogenated alkanes) is 1. The molecule has 1 unspecified atom stereocenters. The van der Waals surface area contributed by atoms with Crippen molar-refractivity contribution in [3.63, 3.8) is 0 Å². The van der Waals surface area contributed by atoms with E-state index >= 15 is 0 Å². The second kappa shape index (κ2) is 5.94. The van der Waals surface area contributed by atoms with Crippen molar-refractivity contribution in [2.45, 2.75) is 32.8 Å². The molecule has 20 heavy (non-hydrogen) atoms. The zero-order chi connectivity index (χ0) is 14.7. The molecule has 1 aliphatic rings. The summed E-state index contributed by atoms with van der Waals surface area (Å²) >= 11 is 0. The number of carbonyl (C=O) groups is 2. The molecule has 0 bridgehead atoms. The molecule has 2 amide bonds. The Morgan fingerprint density at radius 1 is 1.45 bits per heavy atom. The molecule has 2 rings (SSSR count). The molecule has 0 fully saturated rings. The van der Waals surface area contributed by atoms with Crippen LogP contribution in [0.4, 0.5) is 5.69 Å². The van der Waals surface area contributed by atoms with E-state index in [2.05, 4.69) is 12.2 Å². The summed E-state index contributed by atoms with van der Waals surface area (Å²) in [6.45, 7) is 4.45. The molecule has 1 N–H and O–H groups in total. The minimum Gasteiger partial charge on any atom is -0.479 e. The van der Waals surface area contributed by atoms with Crippen molar-refractivity contribution in [1.29, 1.82) is 0 Å². The van der Waals surface area contributed by atoms with Crippen LogP contribution < -0.4 is 15.0 Å². The van der Waals surface area contributed by atoms with Crippen LogP contribution in [0.1, 0.15) is 37.0 Å². The van der Waals surface area contributed by atoms with Crippen molar-refractivity contribution in [3.8, 4) is 5.75 Å². The van der Waals surface area contributed by atoms with E-state index in [9.17, 15) is 9.59 Å². The Labute approximate surface area is 118 Å². The molecule has 1 atom stereocenters. The van der Waals surface area contributed by atoms with Crippen molar-refractivity contribution in [3.05, 3.63) is 23.8 Å². The third kappa shape index (κ3) is 2.76. The molecule has 0 saturated heterocycles. The maximum Gasteiger partial charge on any atom is 0.267 e. The number of hydrogen-bond acceptors (Lipinski definition) is 3. The van der Waals surface area contributed by atoms with Gasteiger partial charge in [-0.2, -0.15) is 0 Å². The monoisotopic (exact) mass is 276 g/mol. The number of rotatable bonds is 4. The average molecular weight is 276 g/mol. The second-order valence-electron chi connectivity index (χ2n) is 4.95. The highest BCUT2D eigenvalue weighted by Gasteiger charge is 2.29. The fourth-order valence-corrected chi connectivity index (χ4v) is 2.14. The SMILES string of the molecule is CCCCNC(=O)c1ccc2c(c1)OC(C)C(=O)N2C. The molecular formula is C15H20N2O3. The summed E-state index contributed by atoms with van der Waals surface area (Å²) in [7, 11) is 1.71. The second-order valence-corrected chi connectivity index (χ2v) is 4.95. The molecule has 1 heterocycles. The summed E-state index contributed by atoms with van der Waals surface area (Å²) in [6, 6.07) is 5.15. The molecule has 1 aromatic carbocycles. The van der Waals surface area contributed by atoms with Gasteiger partial charge in [-0.05, 0) is 31.5 Å². The molecule has 0 aliphatic carbocycles. The molecule has 5 nitrogen and oxygen atoms in total. The van der Waals surface area contributed by atoms with E-state index in [0.717, 1.165) is 12.8 Å². The first-order chi connectivity index (χ1) is 9.54. The first kappa shape index (κ1) is 14.4. The Morgan fingerprint density at radius 2 is 2.20 bits per heavy atom. The molecule has 0 aromatic heterocycles. The summed E-state index contributed by atoms with van der Waals surface area (Å²) in [5.41, 5.74) is 1.24. The molecule has 1 aromatic rings. The molecule has 1 aliphatic heterocycles. The highest BCUT2D eigenvalue weighted by Crippen LogP contribution is 2.33. The minimum absolute atomic E-state index is 0.0855. The van der Waals surface area contributed by atoms with Crippen LogP contribution in [0.3, 0.4) is 0 Å². The molecule has 108 valence electrons. The fraction of sp³-hybridized carbons (Fsp3) is 0.467. The number of ether oxygens (including phenoxy) is 1. The predicted molar refractivity (Wildman–Crippen MR) is 77.2 cm³/mol. The molecule has 5 heteroatoms. The van der Waals surface area contributed by atoms with Crippen LogP contribution in [0.25, 0.3) is 0 Å². The fourth-order valence-electron chi connectivity index (χ4n) is 2.14. The number of benzene rings is 1. The smallest absolute Gasteiger partial charge is 0.267 e. The van der Waals surface area contributed by atoms with E-state index in [4.69, 9.17) is 4.74 Å². The van der Waals surface area contributed by atoms with Crippen molar-refractivity contribution in [2.24, 2.45) is 0 Å². The number of amides is 2. The van der Waals surface area contributed by atoms with Crippen LogP contribution in [-0.2, 0) is 4.79 Å². The first-order valence-electron chi connectivity index (χ1n) is 6.91. The molecular weight excluding hydrogens is 256 g/mol. The Balaban J connectivity index is 2.18. The van der Waals surface area contributed by atoms with Crippen LogP contribution in [0.5, 0.6) is 5.75 Å². The van der Waals surface area contributed by atoms with Crippen LogP contribution in [0, 0.1) is 0 Å². The van der Waals surface area contributed by atoms with Gasteiger partial charge >= 0.3 is 0 Å². The quantitative estimate of drug-likeness (QED) is 0.855. The summed E-state index contributed by atoms with van der Waals surface area (Å²) in [5, 5.41) is 2.86. The van der Waals surface area contributed by atoms with Gasteiger partial charge in [-0.1, -0.05) is 13.3 Å². The van der Waals surface area contributed by atoms with Gasteiger partial charge in [0.15, 0.2) is 6.10 Å². The van der Waals surface area contributed by atoms with E-state index in [1.165, 1.54) is 0 Å². The van der Waals surface area contributed by atoms with E-state index in [1.807, 2.05) is 0 Å². The van der Waals surface area contributed by atoms with E-state index < -0.39 is 6.10 Å². The van der Waals surface area contributed by atoms with Gasteiger partial charge < -0.3 is 15.0 Å². The van der Waals surface area contributed by atoms with Gasteiger partial charge in [-0.15, -0.1) is 0 Å². The van der Waals surface area contributed by atoms with Crippen molar-refractivity contribution >= 4 is 17.5 Å². The number of nitrogens with one attached hydrogen (secondary N) is 1. The predicted octanol–water partition coefficient (Wildman–Crippen LogP) is 1.96.